The molecular weight excluding hydrogens is 385 g/mol. The van der Waals surface area contributed by atoms with E-state index in [0.29, 0.717) is 4.47 Å². The average molecular weight is 396 g/mol. The summed E-state index contributed by atoms with van der Waals surface area (Å²) in [4.78, 5) is 4.03. The number of sulfonamides is 1. The standard InChI is InChI=1S/C11H11BrFN3O3S2/c1-6(19-9-3-2-7(12)4-8(9)13)11-15-10(20-16-11)5-21(14,17)18/h2-4,6H,5H2,1H3,(H2,14,17,18)/t6-/m0/s1. The molecule has 114 valence electrons. The van der Waals surface area contributed by atoms with Crippen LogP contribution in [0.4, 0.5) is 4.39 Å². The largest absolute Gasteiger partial charge is 0.480 e. The summed E-state index contributed by atoms with van der Waals surface area (Å²) in [5.74, 6) is -0.560. The fraction of sp³-hybridized carbons (Fsp3) is 0.273. The van der Waals surface area contributed by atoms with Crippen LogP contribution in [-0.4, -0.2) is 17.8 Å². The third kappa shape index (κ3) is 4.70. The van der Waals surface area contributed by atoms with E-state index in [1.54, 1.807) is 13.0 Å². The molecule has 0 saturated carbocycles. The van der Waals surface area contributed by atoms with Crippen LogP contribution in [0.3, 0.4) is 0 Å². The van der Waals surface area contributed by atoms with E-state index in [0.717, 1.165) is 11.5 Å². The molecule has 1 aromatic heterocycles. The zero-order valence-corrected chi connectivity index (χ0v) is 14.0. The number of rotatable bonds is 5. The van der Waals surface area contributed by atoms with E-state index in [1.807, 2.05) is 0 Å². The van der Waals surface area contributed by atoms with Gasteiger partial charge in [-0.25, -0.2) is 22.9 Å². The maximum absolute atomic E-state index is 13.7. The molecule has 1 heterocycles. The van der Waals surface area contributed by atoms with Crippen LogP contribution in [-0.2, 0) is 15.8 Å². The Bertz CT molecular complexity index is 751. The second kappa shape index (κ2) is 6.34. The Morgan fingerprint density at radius 1 is 1.52 bits per heavy atom. The monoisotopic (exact) mass is 395 g/mol. The van der Waals surface area contributed by atoms with Crippen LogP contribution >= 0.6 is 27.5 Å². The Kier molecular flexibility index (Phi) is 4.91. The smallest absolute Gasteiger partial charge is 0.215 e. The number of hydrogen-bond donors (Lipinski definition) is 1. The Hall–Kier alpha value is -1.10. The first-order chi connectivity index (χ1) is 9.74. The van der Waals surface area contributed by atoms with Crippen molar-refractivity contribution in [3.05, 3.63) is 39.3 Å². The molecule has 10 heteroatoms. The van der Waals surface area contributed by atoms with Crippen molar-refractivity contribution >= 4 is 37.5 Å². The van der Waals surface area contributed by atoms with E-state index in [2.05, 4.69) is 25.3 Å². The van der Waals surface area contributed by atoms with Gasteiger partial charge in [0.05, 0.1) is 0 Å². The highest BCUT2D eigenvalue weighted by Crippen LogP contribution is 2.26. The molecule has 0 bridgehead atoms. The topological polar surface area (TPSA) is 95.2 Å². The Morgan fingerprint density at radius 2 is 2.24 bits per heavy atom. The van der Waals surface area contributed by atoms with Gasteiger partial charge < -0.3 is 4.74 Å². The lowest BCUT2D eigenvalue weighted by Crippen LogP contribution is -2.14. The predicted octanol–water partition coefficient (Wildman–Crippen LogP) is 2.37. The molecule has 0 radical (unpaired) electrons. The molecule has 1 aromatic carbocycles. The van der Waals surface area contributed by atoms with Crippen molar-refractivity contribution in [3.8, 4) is 5.75 Å². The molecule has 0 aliphatic heterocycles. The van der Waals surface area contributed by atoms with E-state index in [4.69, 9.17) is 9.88 Å². The van der Waals surface area contributed by atoms with Gasteiger partial charge in [0, 0.05) is 4.47 Å². The molecule has 0 unspecified atom stereocenters. The van der Waals surface area contributed by atoms with E-state index in [-0.39, 0.29) is 22.3 Å². The fourth-order valence-electron chi connectivity index (χ4n) is 1.48. The molecule has 0 aliphatic carbocycles. The van der Waals surface area contributed by atoms with Gasteiger partial charge >= 0.3 is 0 Å². The van der Waals surface area contributed by atoms with Crippen LogP contribution in [0.25, 0.3) is 0 Å². The number of halogens is 2. The summed E-state index contributed by atoms with van der Waals surface area (Å²) in [7, 11) is -3.66. The maximum atomic E-state index is 13.7. The molecule has 0 spiro atoms. The third-order valence-corrected chi connectivity index (χ3v) is 4.45. The molecular formula is C11H11BrFN3O3S2. The summed E-state index contributed by atoms with van der Waals surface area (Å²) in [5.41, 5.74) is 0. The maximum Gasteiger partial charge on any atom is 0.215 e. The van der Waals surface area contributed by atoms with Crippen LogP contribution < -0.4 is 9.88 Å². The second-order valence-electron chi connectivity index (χ2n) is 4.19. The molecule has 0 fully saturated rings. The van der Waals surface area contributed by atoms with Crippen molar-refractivity contribution in [3.63, 3.8) is 0 Å². The van der Waals surface area contributed by atoms with Crippen LogP contribution in [0.1, 0.15) is 23.9 Å². The SMILES string of the molecule is C[C@H](Oc1ccc(Br)cc1F)c1nsc(CS(N)(=O)=O)n1. The zero-order chi connectivity index (χ0) is 15.6. The highest BCUT2D eigenvalue weighted by molar-refractivity contribution is 9.10. The Labute approximate surface area is 133 Å². The number of aromatic nitrogens is 2. The van der Waals surface area contributed by atoms with Crippen molar-refractivity contribution < 1.29 is 17.5 Å². The average Bonchev–Trinajstić information content (AvgIpc) is 2.78. The van der Waals surface area contributed by atoms with E-state index in [9.17, 15) is 12.8 Å². The summed E-state index contributed by atoms with van der Waals surface area (Å²) < 4.78 is 45.7. The van der Waals surface area contributed by atoms with E-state index >= 15 is 0 Å². The van der Waals surface area contributed by atoms with Gasteiger partial charge in [-0.15, -0.1) is 0 Å². The minimum atomic E-state index is -3.66. The van der Waals surface area contributed by atoms with Gasteiger partial charge in [-0.2, -0.15) is 4.37 Å². The van der Waals surface area contributed by atoms with Crippen LogP contribution in [0.15, 0.2) is 22.7 Å². The Morgan fingerprint density at radius 3 is 2.86 bits per heavy atom. The Balaban J connectivity index is 2.11. The normalized spacial score (nSPS) is 13.1. The summed E-state index contributed by atoms with van der Waals surface area (Å²) in [5, 5.41) is 5.20. The molecule has 0 aliphatic rings. The molecule has 21 heavy (non-hydrogen) atoms. The lowest BCUT2D eigenvalue weighted by molar-refractivity contribution is 0.208. The van der Waals surface area contributed by atoms with Gasteiger partial charge in [-0.3, -0.25) is 0 Å². The highest BCUT2D eigenvalue weighted by atomic mass is 79.9. The second-order valence-corrected chi connectivity index (χ2v) is 7.55. The van der Waals surface area contributed by atoms with Crippen molar-refractivity contribution in [2.75, 3.05) is 0 Å². The van der Waals surface area contributed by atoms with Gasteiger partial charge in [0.15, 0.2) is 23.5 Å². The number of nitrogens with two attached hydrogens (primary N) is 1. The number of ether oxygens (including phenoxy) is 1. The molecule has 2 N–H and O–H groups in total. The quantitative estimate of drug-likeness (QED) is 0.837. The summed E-state index contributed by atoms with van der Waals surface area (Å²) >= 11 is 4.07. The molecule has 0 saturated heterocycles. The third-order valence-electron chi connectivity index (χ3n) is 2.37. The van der Waals surface area contributed by atoms with Gasteiger partial charge in [0.1, 0.15) is 10.8 Å². The number of benzene rings is 1. The van der Waals surface area contributed by atoms with Crippen molar-refractivity contribution in [2.24, 2.45) is 5.14 Å². The van der Waals surface area contributed by atoms with E-state index in [1.165, 1.54) is 12.1 Å². The molecule has 1 atom stereocenters. The molecule has 6 nitrogen and oxygen atoms in total. The minimum absolute atomic E-state index is 0.0634. The van der Waals surface area contributed by atoms with E-state index < -0.39 is 21.9 Å². The summed E-state index contributed by atoms with van der Waals surface area (Å²) in [6.07, 6.45) is -0.619. The van der Waals surface area contributed by atoms with Crippen LogP contribution in [0.5, 0.6) is 5.75 Å². The lowest BCUT2D eigenvalue weighted by atomic mass is 10.3. The van der Waals surface area contributed by atoms with Crippen molar-refractivity contribution in [1.29, 1.82) is 0 Å². The number of primary sulfonamides is 1. The van der Waals surface area contributed by atoms with Crippen LogP contribution in [0, 0.1) is 5.82 Å². The summed E-state index contributed by atoms with van der Waals surface area (Å²) in [6, 6.07) is 4.41. The van der Waals surface area contributed by atoms with Gasteiger partial charge in [0.2, 0.25) is 10.0 Å². The number of nitrogens with zero attached hydrogens (tertiary/aromatic N) is 2. The first kappa shape index (κ1) is 16.3. The van der Waals surface area contributed by atoms with Gasteiger partial charge in [-0.05, 0) is 36.7 Å². The van der Waals surface area contributed by atoms with Crippen molar-refractivity contribution in [2.45, 2.75) is 18.8 Å². The van der Waals surface area contributed by atoms with Gasteiger partial charge in [-0.1, -0.05) is 15.9 Å². The van der Waals surface area contributed by atoms with Gasteiger partial charge in [0.25, 0.3) is 0 Å². The predicted molar refractivity (Wildman–Crippen MR) is 79.9 cm³/mol. The fourth-order valence-corrected chi connectivity index (χ4v) is 3.45. The molecule has 0 amide bonds. The summed E-state index contributed by atoms with van der Waals surface area (Å²) in [6.45, 7) is 1.64. The van der Waals surface area contributed by atoms with Crippen molar-refractivity contribution in [1.82, 2.24) is 9.36 Å². The first-order valence-electron chi connectivity index (χ1n) is 5.69. The van der Waals surface area contributed by atoms with Crippen LogP contribution in [0.2, 0.25) is 0 Å². The zero-order valence-electron chi connectivity index (χ0n) is 10.8. The molecule has 2 rings (SSSR count). The highest BCUT2D eigenvalue weighted by Gasteiger charge is 2.17. The molecule has 2 aromatic rings. The number of hydrogen-bond acceptors (Lipinski definition) is 6. The lowest BCUT2D eigenvalue weighted by Gasteiger charge is -2.12. The minimum Gasteiger partial charge on any atom is -0.480 e. The first-order valence-corrected chi connectivity index (χ1v) is 8.97.